The molecule has 0 bridgehead atoms. The Hall–Kier alpha value is -3.29. The Morgan fingerprint density at radius 1 is 0.900 bits per heavy atom. The molecule has 1 aromatic carbocycles. The highest BCUT2D eigenvalue weighted by Crippen LogP contribution is 2.16. The maximum Gasteiger partial charge on any atom is 0.332 e. The Morgan fingerprint density at radius 3 is 2.20 bits per heavy atom. The molecule has 4 rings (SSSR count). The zero-order valence-electron chi connectivity index (χ0n) is 17.5. The van der Waals surface area contributed by atoms with Crippen LogP contribution in [-0.2, 0) is 24.4 Å². The molecule has 0 aliphatic carbocycles. The summed E-state index contributed by atoms with van der Waals surface area (Å²) in [5.41, 5.74) is 1.06. The average molecular weight is 409 g/mol. The first-order chi connectivity index (χ1) is 14.5. The molecule has 8 heteroatoms. The van der Waals surface area contributed by atoms with E-state index in [1.165, 1.54) is 10.3 Å². The summed E-state index contributed by atoms with van der Waals surface area (Å²) in [5.74, 6) is -0.00464. The van der Waals surface area contributed by atoms with Crippen LogP contribution >= 0.6 is 0 Å². The van der Waals surface area contributed by atoms with Crippen molar-refractivity contribution in [1.82, 2.24) is 18.6 Å². The van der Waals surface area contributed by atoms with Gasteiger partial charge in [-0.25, -0.2) is 4.79 Å². The van der Waals surface area contributed by atoms with E-state index in [9.17, 15) is 14.4 Å². The monoisotopic (exact) mass is 409 g/mol. The number of amides is 1. The average Bonchev–Trinajstić information content (AvgIpc) is 3.19. The van der Waals surface area contributed by atoms with E-state index in [4.69, 9.17) is 0 Å². The quantitative estimate of drug-likeness (QED) is 0.638. The summed E-state index contributed by atoms with van der Waals surface area (Å²) in [6, 6.07) is 11.9. The predicted octanol–water partition coefficient (Wildman–Crippen LogP) is 1.35. The number of rotatable bonds is 5. The maximum atomic E-state index is 13.0. The second-order valence-corrected chi connectivity index (χ2v) is 7.46. The third-order valence-electron chi connectivity index (χ3n) is 5.82. The molecule has 1 fully saturated rings. The molecule has 0 atom stereocenters. The van der Waals surface area contributed by atoms with Crippen LogP contribution in [-0.4, -0.2) is 50.7 Å². The van der Waals surface area contributed by atoms with Crippen molar-refractivity contribution in [3.05, 3.63) is 63.4 Å². The number of fused-ring (bicyclic) bond motifs is 1. The van der Waals surface area contributed by atoms with Gasteiger partial charge in [0.25, 0.3) is 5.56 Å². The zero-order chi connectivity index (χ0) is 21.3. The zero-order valence-corrected chi connectivity index (χ0v) is 17.5. The molecule has 1 amide bonds. The van der Waals surface area contributed by atoms with E-state index < -0.39 is 0 Å². The largest absolute Gasteiger partial charge is 0.368 e. The van der Waals surface area contributed by atoms with Crippen molar-refractivity contribution < 1.29 is 4.79 Å². The maximum absolute atomic E-state index is 13.0. The minimum atomic E-state index is -0.332. The summed E-state index contributed by atoms with van der Waals surface area (Å²) in [4.78, 5) is 42.4. The molecule has 0 spiro atoms. The molecular weight excluding hydrogens is 382 g/mol. The van der Waals surface area contributed by atoms with Gasteiger partial charge in [-0.2, -0.15) is 0 Å². The van der Waals surface area contributed by atoms with E-state index in [2.05, 4.69) is 17.0 Å². The number of aromatic nitrogens is 3. The summed E-state index contributed by atoms with van der Waals surface area (Å²) in [6.45, 7) is 7.38. The van der Waals surface area contributed by atoms with E-state index in [1.54, 1.807) is 28.3 Å². The Morgan fingerprint density at radius 2 is 1.57 bits per heavy atom. The first-order valence-electron chi connectivity index (χ1n) is 10.4. The van der Waals surface area contributed by atoms with Crippen molar-refractivity contribution in [3.8, 4) is 0 Å². The van der Waals surface area contributed by atoms with Gasteiger partial charge in [0, 0.05) is 51.2 Å². The van der Waals surface area contributed by atoms with Crippen molar-refractivity contribution in [3.63, 3.8) is 0 Å². The first-order valence-corrected chi connectivity index (χ1v) is 10.4. The van der Waals surface area contributed by atoms with Crippen molar-refractivity contribution >= 4 is 22.6 Å². The van der Waals surface area contributed by atoms with Gasteiger partial charge in [-0.3, -0.25) is 18.7 Å². The number of carbonyl (C=O) groups excluding carboxylic acids is 1. The van der Waals surface area contributed by atoms with Crippen LogP contribution in [0.15, 0.2) is 52.2 Å². The van der Waals surface area contributed by atoms with Crippen molar-refractivity contribution in [2.24, 2.45) is 0 Å². The van der Waals surface area contributed by atoms with E-state index in [-0.39, 0.29) is 23.7 Å². The van der Waals surface area contributed by atoms with Gasteiger partial charge in [0.15, 0.2) is 0 Å². The van der Waals surface area contributed by atoms with Gasteiger partial charge in [-0.05, 0) is 32.0 Å². The topological polar surface area (TPSA) is 72.5 Å². The standard InChI is InChI=1S/C22H27N5O3/c1-3-26-20-18(21(29)27(4-2)22(26)30)10-11-25(20)16-19(28)24-14-12-23(13-15-24)17-8-6-5-7-9-17/h5-11H,3-4,12-16H2,1-2H3. The van der Waals surface area contributed by atoms with Crippen LogP contribution in [0.1, 0.15) is 13.8 Å². The van der Waals surface area contributed by atoms with Crippen LogP contribution in [0.5, 0.6) is 0 Å². The molecular formula is C22H27N5O3. The van der Waals surface area contributed by atoms with E-state index in [0.29, 0.717) is 37.2 Å². The van der Waals surface area contributed by atoms with Gasteiger partial charge in [0.1, 0.15) is 12.2 Å². The Labute approximate surface area is 174 Å². The molecule has 1 aliphatic rings. The van der Waals surface area contributed by atoms with Crippen LogP contribution in [0.2, 0.25) is 0 Å². The van der Waals surface area contributed by atoms with Crippen LogP contribution in [0.3, 0.4) is 0 Å². The molecule has 0 N–H and O–H groups in total. The van der Waals surface area contributed by atoms with Crippen molar-refractivity contribution in [1.29, 1.82) is 0 Å². The molecule has 0 unspecified atom stereocenters. The highest BCUT2D eigenvalue weighted by Gasteiger charge is 2.23. The van der Waals surface area contributed by atoms with Gasteiger partial charge in [-0.1, -0.05) is 18.2 Å². The van der Waals surface area contributed by atoms with E-state index in [0.717, 1.165) is 13.1 Å². The second-order valence-electron chi connectivity index (χ2n) is 7.46. The highest BCUT2D eigenvalue weighted by atomic mass is 16.2. The van der Waals surface area contributed by atoms with E-state index in [1.807, 2.05) is 30.0 Å². The van der Waals surface area contributed by atoms with Crippen LogP contribution in [0.4, 0.5) is 5.69 Å². The van der Waals surface area contributed by atoms with Gasteiger partial charge < -0.3 is 14.4 Å². The number of nitrogens with zero attached hydrogens (tertiary/aromatic N) is 5. The molecule has 2 aromatic heterocycles. The summed E-state index contributed by atoms with van der Waals surface area (Å²) in [7, 11) is 0. The number of hydrogen-bond donors (Lipinski definition) is 0. The molecule has 0 radical (unpaired) electrons. The number of benzene rings is 1. The summed E-state index contributed by atoms with van der Waals surface area (Å²) in [6.07, 6.45) is 1.73. The molecule has 3 heterocycles. The third-order valence-corrected chi connectivity index (χ3v) is 5.82. The van der Waals surface area contributed by atoms with Gasteiger partial charge in [-0.15, -0.1) is 0 Å². The summed E-state index contributed by atoms with van der Waals surface area (Å²) >= 11 is 0. The fourth-order valence-electron chi connectivity index (χ4n) is 4.19. The fourth-order valence-corrected chi connectivity index (χ4v) is 4.19. The number of aryl methyl sites for hydroxylation is 1. The van der Waals surface area contributed by atoms with Crippen LogP contribution in [0.25, 0.3) is 11.0 Å². The first kappa shape index (κ1) is 20.0. The molecule has 30 heavy (non-hydrogen) atoms. The lowest BCUT2D eigenvalue weighted by Gasteiger charge is -2.36. The molecule has 158 valence electrons. The predicted molar refractivity (Wildman–Crippen MR) is 117 cm³/mol. The third kappa shape index (κ3) is 3.42. The lowest BCUT2D eigenvalue weighted by atomic mass is 10.2. The van der Waals surface area contributed by atoms with Gasteiger partial charge in [0.05, 0.1) is 5.39 Å². The van der Waals surface area contributed by atoms with Gasteiger partial charge >= 0.3 is 5.69 Å². The molecule has 0 saturated carbocycles. The molecule has 1 saturated heterocycles. The number of piperazine rings is 1. The number of para-hydroxylation sites is 1. The molecule has 1 aliphatic heterocycles. The Balaban J connectivity index is 1.54. The van der Waals surface area contributed by atoms with Crippen LogP contribution in [0, 0.1) is 0 Å². The number of carbonyl (C=O) groups is 1. The van der Waals surface area contributed by atoms with E-state index >= 15 is 0 Å². The Bertz CT molecular complexity index is 1170. The Kier molecular flexibility index (Phi) is 5.48. The SMILES string of the molecule is CCn1c(=O)c2ccn(CC(=O)N3CCN(c4ccccc4)CC3)c2n(CC)c1=O. The molecule has 8 nitrogen and oxygen atoms in total. The van der Waals surface area contributed by atoms with Crippen LogP contribution < -0.4 is 16.1 Å². The number of anilines is 1. The van der Waals surface area contributed by atoms with Gasteiger partial charge in [0.2, 0.25) is 5.91 Å². The second kappa shape index (κ2) is 8.22. The summed E-state index contributed by atoms with van der Waals surface area (Å²) < 4.78 is 4.54. The lowest BCUT2D eigenvalue weighted by molar-refractivity contribution is -0.132. The smallest absolute Gasteiger partial charge is 0.332 e. The minimum absolute atomic E-state index is 0.00464. The highest BCUT2D eigenvalue weighted by molar-refractivity contribution is 5.81. The lowest BCUT2D eigenvalue weighted by Crippen LogP contribution is -2.49. The van der Waals surface area contributed by atoms with Crippen molar-refractivity contribution in [2.75, 3.05) is 31.1 Å². The van der Waals surface area contributed by atoms with Crippen molar-refractivity contribution in [2.45, 2.75) is 33.5 Å². The minimum Gasteiger partial charge on any atom is -0.368 e. The number of hydrogen-bond acceptors (Lipinski definition) is 4. The fraction of sp³-hybridized carbons (Fsp3) is 0.409. The molecule has 3 aromatic rings. The summed E-state index contributed by atoms with van der Waals surface area (Å²) in [5, 5.41) is 0.472. The normalized spacial score (nSPS) is 14.5.